The smallest absolute Gasteiger partial charge is 0.272 e. The summed E-state index contributed by atoms with van der Waals surface area (Å²) in [6.07, 6.45) is 0.150. The minimum atomic E-state index is -0.518. The summed E-state index contributed by atoms with van der Waals surface area (Å²) in [7, 11) is 0. The Morgan fingerprint density at radius 3 is 2.83 bits per heavy atom. The van der Waals surface area contributed by atoms with Gasteiger partial charge in [-0.1, -0.05) is 0 Å². The lowest BCUT2D eigenvalue weighted by molar-refractivity contribution is 0.0752. The van der Waals surface area contributed by atoms with Gasteiger partial charge >= 0.3 is 0 Å². The number of aromatic amines is 1. The van der Waals surface area contributed by atoms with Gasteiger partial charge in [0, 0.05) is 31.2 Å². The molecule has 1 fully saturated rings. The summed E-state index contributed by atoms with van der Waals surface area (Å²) in [5.41, 5.74) is 3.35. The van der Waals surface area contributed by atoms with E-state index in [9.17, 15) is 9.90 Å². The number of likely N-dealkylation sites (tertiary alicyclic amines) is 1. The molecule has 0 aliphatic carbocycles. The number of nitrogens with zero attached hydrogens (tertiary/aromatic N) is 4. The maximum absolute atomic E-state index is 12.7. The molecule has 3 heterocycles. The number of rotatable bonds is 4. The Labute approximate surface area is 135 Å². The molecule has 0 bridgehead atoms. The normalized spacial score (nSPS) is 21.1. The molecular weight excluding hydrogens is 294 g/mol. The molecule has 0 saturated carbocycles. The van der Waals surface area contributed by atoms with Crippen molar-refractivity contribution in [1.29, 1.82) is 0 Å². The molecule has 7 heteroatoms. The molecule has 3 rings (SSSR count). The first-order chi connectivity index (χ1) is 11.0. The van der Waals surface area contributed by atoms with Gasteiger partial charge in [0.15, 0.2) is 0 Å². The summed E-state index contributed by atoms with van der Waals surface area (Å²) in [5.74, 6) is -0.0482. The van der Waals surface area contributed by atoms with Crippen molar-refractivity contribution in [2.24, 2.45) is 5.92 Å². The highest BCUT2D eigenvalue weighted by Crippen LogP contribution is 2.23. The molecule has 2 atom stereocenters. The lowest BCUT2D eigenvalue weighted by Gasteiger charge is -2.16. The fraction of sp³-hybridized carbons (Fsp3) is 0.562. The maximum atomic E-state index is 12.7. The number of carbonyl (C=O) groups is 1. The van der Waals surface area contributed by atoms with Gasteiger partial charge in [0.2, 0.25) is 0 Å². The van der Waals surface area contributed by atoms with E-state index < -0.39 is 6.10 Å². The lowest BCUT2D eigenvalue weighted by atomic mass is 10.0. The average Bonchev–Trinajstić information content (AvgIpc) is 3.19. The Hall–Kier alpha value is -2.15. The third-order valence-corrected chi connectivity index (χ3v) is 4.34. The van der Waals surface area contributed by atoms with Crippen molar-refractivity contribution in [3.05, 3.63) is 34.9 Å². The molecule has 1 aliphatic rings. The molecule has 2 N–H and O–H groups in total. The Balaban J connectivity index is 1.71. The minimum absolute atomic E-state index is 0.0146. The van der Waals surface area contributed by atoms with E-state index in [4.69, 9.17) is 0 Å². The SMILES string of the molecule is CCn1nc(C)cc1C(=O)N1C[C@@H](Cc2cc(C)[nH]n2)[C@H](O)C1. The topological polar surface area (TPSA) is 87.0 Å². The Kier molecular flexibility index (Phi) is 4.21. The number of aryl methyl sites for hydroxylation is 3. The van der Waals surface area contributed by atoms with Gasteiger partial charge in [-0.3, -0.25) is 14.6 Å². The van der Waals surface area contributed by atoms with Crippen LogP contribution in [0.2, 0.25) is 0 Å². The first-order valence-corrected chi connectivity index (χ1v) is 8.00. The summed E-state index contributed by atoms with van der Waals surface area (Å²) < 4.78 is 1.72. The van der Waals surface area contributed by atoms with E-state index in [1.165, 1.54) is 0 Å². The molecule has 2 aromatic heterocycles. The van der Waals surface area contributed by atoms with Crippen LogP contribution in [0.15, 0.2) is 12.1 Å². The van der Waals surface area contributed by atoms with Crippen LogP contribution in [-0.4, -0.2) is 55.1 Å². The first-order valence-electron chi connectivity index (χ1n) is 8.00. The van der Waals surface area contributed by atoms with E-state index in [2.05, 4.69) is 15.3 Å². The molecule has 1 aliphatic heterocycles. The van der Waals surface area contributed by atoms with Crippen molar-refractivity contribution >= 4 is 5.91 Å². The Bertz CT molecular complexity index is 705. The quantitative estimate of drug-likeness (QED) is 0.878. The number of aliphatic hydroxyl groups excluding tert-OH is 1. The van der Waals surface area contributed by atoms with Crippen LogP contribution in [0.4, 0.5) is 0 Å². The summed E-state index contributed by atoms with van der Waals surface area (Å²) in [5, 5.41) is 21.8. The number of hydrogen-bond acceptors (Lipinski definition) is 4. The number of carbonyl (C=O) groups excluding carboxylic acids is 1. The molecule has 7 nitrogen and oxygen atoms in total. The van der Waals surface area contributed by atoms with Crippen molar-refractivity contribution in [1.82, 2.24) is 24.9 Å². The molecule has 2 aromatic rings. The third kappa shape index (κ3) is 3.14. The second-order valence-corrected chi connectivity index (χ2v) is 6.27. The molecule has 0 radical (unpaired) electrons. The molecule has 0 spiro atoms. The first kappa shape index (κ1) is 15.7. The van der Waals surface area contributed by atoms with Gasteiger partial charge in [-0.25, -0.2) is 0 Å². The van der Waals surface area contributed by atoms with Crippen LogP contribution in [0.3, 0.4) is 0 Å². The van der Waals surface area contributed by atoms with E-state index >= 15 is 0 Å². The van der Waals surface area contributed by atoms with Crippen LogP contribution in [-0.2, 0) is 13.0 Å². The van der Waals surface area contributed by atoms with Crippen LogP contribution in [0, 0.1) is 19.8 Å². The minimum Gasteiger partial charge on any atom is -0.391 e. The van der Waals surface area contributed by atoms with Gasteiger partial charge < -0.3 is 10.0 Å². The van der Waals surface area contributed by atoms with Gasteiger partial charge in [0.05, 0.1) is 17.5 Å². The van der Waals surface area contributed by atoms with Crippen molar-refractivity contribution < 1.29 is 9.90 Å². The Morgan fingerprint density at radius 2 is 2.17 bits per heavy atom. The lowest BCUT2D eigenvalue weighted by Crippen LogP contribution is -2.31. The van der Waals surface area contributed by atoms with Gasteiger partial charge in [-0.05, 0) is 39.3 Å². The van der Waals surface area contributed by atoms with Crippen LogP contribution in [0.1, 0.15) is 34.5 Å². The molecule has 23 heavy (non-hydrogen) atoms. The number of aromatic nitrogens is 4. The van der Waals surface area contributed by atoms with E-state index in [1.807, 2.05) is 32.9 Å². The van der Waals surface area contributed by atoms with Gasteiger partial charge in [0.25, 0.3) is 5.91 Å². The van der Waals surface area contributed by atoms with Crippen molar-refractivity contribution in [2.45, 2.75) is 39.8 Å². The van der Waals surface area contributed by atoms with E-state index in [1.54, 1.807) is 9.58 Å². The fourth-order valence-corrected chi connectivity index (χ4v) is 3.19. The molecule has 124 valence electrons. The highest BCUT2D eigenvalue weighted by atomic mass is 16.3. The van der Waals surface area contributed by atoms with Crippen molar-refractivity contribution in [3.8, 4) is 0 Å². The van der Waals surface area contributed by atoms with E-state index in [0.717, 1.165) is 17.1 Å². The number of nitrogens with one attached hydrogen (secondary N) is 1. The summed E-state index contributed by atoms with van der Waals surface area (Å²) in [4.78, 5) is 14.4. The highest BCUT2D eigenvalue weighted by Gasteiger charge is 2.35. The van der Waals surface area contributed by atoms with E-state index in [0.29, 0.717) is 31.7 Å². The molecule has 0 aromatic carbocycles. The van der Waals surface area contributed by atoms with Gasteiger partial charge in [-0.2, -0.15) is 10.2 Å². The van der Waals surface area contributed by atoms with Crippen molar-refractivity contribution in [3.63, 3.8) is 0 Å². The monoisotopic (exact) mass is 317 g/mol. The summed E-state index contributed by atoms with van der Waals surface area (Å²) in [6.45, 7) is 7.35. The molecule has 0 unspecified atom stereocenters. The highest BCUT2D eigenvalue weighted by molar-refractivity contribution is 5.93. The van der Waals surface area contributed by atoms with E-state index in [-0.39, 0.29) is 11.8 Å². The number of amides is 1. The maximum Gasteiger partial charge on any atom is 0.272 e. The second-order valence-electron chi connectivity index (χ2n) is 6.27. The summed E-state index contributed by atoms with van der Waals surface area (Å²) in [6, 6.07) is 3.79. The molecule has 1 saturated heterocycles. The number of hydrogen-bond donors (Lipinski definition) is 2. The largest absolute Gasteiger partial charge is 0.391 e. The molecule has 1 amide bonds. The number of aliphatic hydroxyl groups is 1. The second kappa shape index (κ2) is 6.16. The van der Waals surface area contributed by atoms with Gasteiger partial charge in [0.1, 0.15) is 5.69 Å². The Morgan fingerprint density at radius 1 is 1.39 bits per heavy atom. The standard InChI is InChI=1S/C16H23N5O2/c1-4-21-14(6-11(3)19-21)16(23)20-8-12(15(22)9-20)7-13-5-10(2)17-18-13/h5-6,12,15,22H,4,7-9H2,1-3H3,(H,17,18)/t12-,15-/m1/s1. The summed E-state index contributed by atoms with van der Waals surface area (Å²) >= 11 is 0. The molecular formula is C16H23N5O2. The third-order valence-electron chi connectivity index (χ3n) is 4.34. The predicted octanol–water partition coefficient (Wildman–Crippen LogP) is 0.919. The zero-order valence-corrected chi connectivity index (χ0v) is 13.8. The van der Waals surface area contributed by atoms with Crippen LogP contribution in [0.5, 0.6) is 0 Å². The zero-order chi connectivity index (χ0) is 16.6. The van der Waals surface area contributed by atoms with Gasteiger partial charge in [-0.15, -0.1) is 0 Å². The number of β-amino-alcohol motifs (C(OH)–C–C–N with tert-alkyl or cyclic N) is 1. The van der Waals surface area contributed by atoms with Crippen LogP contribution >= 0.6 is 0 Å². The average molecular weight is 317 g/mol. The fourth-order valence-electron chi connectivity index (χ4n) is 3.19. The van der Waals surface area contributed by atoms with Crippen LogP contribution < -0.4 is 0 Å². The van der Waals surface area contributed by atoms with Crippen LogP contribution in [0.25, 0.3) is 0 Å². The predicted molar refractivity (Wildman–Crippen MR) is 85.1 cm³/mol. The number of H-pyrrole nitrogens is 1. The zero-order valence-electron chi connectivity index (χ0n) is 13.8. The van der Waals surface area contributed by atoms with Crippen molar-refractivity contribution in [2.75, 3.05) is 13.1 Å².